The average Bonchev–Trinajstić information content (AvgIpc) is 2.98. The largest absolute Gasteiger partial charge is 0.434 e. The summed E-state index contributed by atoms with van der Waals surface area (Å²) in [5.74, 6) is 0. The molecule has 8 heteroatoms. The van der Waals surface area contributed by atoms with Crippen LogP contribution in [0.5, 0.6) is 0 Å². The Bertz CT molecular complexity index is 405. The second kappa shape index (κ2) is 6.17. The molecule has 0 bridgehead atoms. The van der Waals surface area contributed by atoms with E-state index < -0.39 is 11.9 Å². The molecular formula is C11H15F3N2O2S. The molecule has 0 spiro atoms. The fourth-order valence-electron chi connectivity index (χ4n) is 1.75. The fraction of sp³-hybridized carbons (Fsp3) is 0.727. The van der Waals surface area contributed by atoms with E-state index in [1.807, 2.05) is 6.92 Å². The molecule has 0 aliphatic carbocycles. The van der Waals surface area contributed by atoms with E-state index in [0.717, 1.165) is 16.7 Å². The van der Waals surface area contributed by atoms with Gasteiger partial charge in [0.05, 0.1) is 19.3 Å². The second-order valence-electron chi connectivity index (χ2n) is 4.11. The molecule has 1 saturated heterocycles. The van der Waals surface area contributed by atoms with Gasteiger partial charge in [-0.3, -0.25) is 0 Å². The Morgan fingerprint density at radius 3 is 2.68 bits per heavy atom. The summed E-state index contributed by atoms with van der Waals surface area (Å²) < 4.78 is 48.0. The Balaban J connectivity index is 1.94. The summed E-state index contributed by atoms with van der Waals surface area (Å²) in [6.07, 6.45) is -4.06. The molecule has 0 aromatic carbocycles. The topological polar surface area (TPSA) is 43.4 Å². The van der Waals surface area contributed by atoms with Crippen molar-refractivity contribution in [1.82, 2.24) is 10.3 Å². The predicted octanol–water partition coefficient (Wildman–Crippen LogP) is 2.58. The van der Waals surface area contributed by atoms with Gasteiger partial charge >= 0.3 is 6.18 Å². The van der Waals surface area contributed by atoms with Crippen molar-refractivity contribution in [2.24, 2.45) is 0 Å². The van der Waals surface area contributed by atoms with E-state index in [2.05, 4.69) is 10.3 Å². The summed E-state index contributed by atoms with van der Waals surface area (Å²) in [6, 6.07) is -0.214. The number of rotatable bonds is 5. The summed E-state index contributed by atoms with van der Waals surface area (Å²) in [7, 11) is 0. The Labute approximate surface area is 112 Å². The highest BCUT2D eigenvalue weighted by Crippen LogP contribution is 2.32. The van der Waals surface area contributed by atoms with E-state index in [9.17, 15) is 13.2 Å². The van der Waals surface area contributed by atoms with Crippen LogP contribution in [0.3, 0.4) is 0 Å². The van der Waals surface area contributed by atoms with Crippen LogP contribution in [0.2, 0.25) is 0 Å². The van der Waals surface area contributed by atoms with E-state index in [-0.39, 0.29) is 12.3 Å². The maximum absolute atomic E-state index is 12.5. The fourth-order valence-corrected chi connectivity index (χ4v) is 2.73. The van der Waals surface area contributed by atoms with Crippen LogP contribution in [0.15, 0.2) is 5.38 Å². The van der Waals surface area contributed by atoms with Gasteiger partial charge in [0.2, 0.25) is 0 Å². The number of thiazole rings is 1. The maximum Gasteiger partial charge on any atom is 0.434 e. The Morgan fingerprint density at radius 2 is 2.16 bits per heavy atom. The first-order valence-corrected chi connectivity index (χ1v) is 6.88. The van der Waals surface area contributed by atoms with Crippen LogP contribution in [0.1, 0.15) is 30.1 Å². The van der Waals surface area contributed by atoms with Gasteiger partial charge in [0.1, 0.15) is 5.01 Å². The van der Waals surface area contributed by atoms with Gasteiger partial charge in [-0.2, -0.15) is 13.2 Å². The van der Waals surface area contributed by atoms with Crippen molar-refractivity contribution in [3.63, 3.8) is 0 Å². The van der Waals surface area contributed by atoms with Crippen molar-refractivity contribution in [2.75, 3.05) is 19.8 Å². The normalized spacial score (nSPS) is 18.9. The summed E-state index contributed by atoms with van der Waals surface area (Å²) in [6.45, 7) is 3.44. The van der Waals surface area contributed by atoms with Gasteiger partial charge < -0.3 is 14.8 Å². The van der Waals surface area contributed by atoms with E-state index in [0.29, 0.717) is 31.2 Å². The van der Waals surface area contributed by atoms with E-state index >= 15 is 0 Å². The Morgan fingerprint density at radius 1 is 1.47 bits per heavy atom. The molecule has 108 valence electrons. The molecule has 1 aliphatic heterocycles. The van der Waals surface area contributed by atoms with Gasteiger partial charge in [-0.05, 0) is 6.42 Å². The lowest BCUT2D eigenvalue weighted by Gasteiger charge is -2.17. The highest BCUT2D eigenvalue weighted by Gasteiger charge is 2.34. The second-order valence-corrected chi connectivity index (χ2v) is 5.00. The lowest BCUT2D eigenvalue weighted by Crippen LogP contribution is -2.30. The van der Waals surface area contributed by atoms with Crippen molar-refractivity contribution < 1.29 is 22.6 Å². The zero-order valence-corrected chi connectivity index (χ0v) is 11.2. The first kappa shape index (κ1) is 14.7. The minimum atomic E-state index is -4.38. The molecule has 1 N–H and O–H groups in total. The van der Waals surface area contributed by atoms with Gasteiger partial charge in [0.25, 0.3) is 0 Å². The minimum absolute atomic E-state index is 0.214. The molecule has 1 aliphatic rings. The highest BCUT2D eigenvalue weighted by molar-refractivity contribution is 7.09. The molecule has 1 aromatic heterocycles. The Hall–Kier alpha value is -0.700. The number of hydrogen-bond acceptors (Lipinski definition) is 5. The SMILES string of the molecule is CCC(NCC1OCCO1)c1nc(C(F)(F)F)cs1. The molecule has 0 radical (unpaired) electrons. The van der Waals surface area contributed by atoms with Gasteiger partial charge in [-0.25, -0.2) is 4.98 Å². The third-order valence-corrected chi connectivity index (χ3v) is 3.70. The zero-order valence-electron chi connectivity index (χ0n) is 10.4. The first-order valence-electron chi connectivity index (χ1n) is 6.00. The summed E-state index contributed by atoms with van der Waals surface area (Å²) in [5, 5.41) is 4.60. The average molecular weight is 296 g/mol. The number of nitrogens with one attached hydrogen (secondary N) is 1. The molecule has 1 aromatic rings. The number of halogens is 3. The quantitative estimate of drug-likeness (QED) is 0.907. The Kier molecular flexibility index (Phi) is 4.77. The van der Waals surface area contributed by atoms with Gasteiger partial charge in [-0.1, -0.05) is 6.92 Å². The molecular weight excluding hydrogens is 281 g/mol. The maximum atomic E-state index is 12.5. The molecule has 4 nitrogen and oxygen atoms in total. The van der Waals surface area contributed by atoms with Crippen molar-refractivity contribution in [2.45, 2.75) is 31.9 Å². The lowest BCUT2D eigenvalue weighted by atomic mass is 10.2. The van der Waals surface area contributed by atoms with Gasteiger partial charge in [0, 0.05) is 11.9 Å². The monoisotopic (exact) mass is 296 g/mol. The summed E-state index contributed by atoms with van der Waals surface area (Å²) in [5.41, 5.74) is -0.832. The van der Waals surface area contributed by atoms with Crippen LogP contribution in [0.25, 0.3) is 0 Å². The third kappa shape index (κ3) is 3.88. The number of alkyl halides is 3. The van der Waals surface area contributed by atoms with Crippen molar-refractivity contribution in [3.8, 4) is 0 Å². The van der Waals surface area contributed by atoms with E-state index in [1.165, 1.54) is 0 Å². The van der Waals surface area contributed by atoms with Crippen molar-refractivity contribution in [1.29, 1.82) is 0 Å². The number of hydrogen-bond donors (Lipinski definition) is 1. The lowest BCUT2D eigenvalue weighted by molar-refractivity contribution is -0.140. The molecule has 0 saturated carbocycles. The standard InChI is InChI=1S/C11H15F3N2O2S/c1-2-7(15-5-9-17-3-4-18-9)10-16-8(6-19-10)11(12,13)14/h6-7,9,15H,2-5H2,1H3. The van der Waals surface area contributed by atoms with Crippen LogP contribution < -0.4 is 5.32 Å². The smallest absolute Gasteiger partial charge is 0.349 e. The molecule has 2 rings (SSSR count). The van der Waals surface area contributed by atoms with E-state index in [4.69, 9.17) is 9.47 Å². The van der Waals surface area contributed by atoms with Crippen LogP contribution in [0, 0.1) is 0 Å². The number of aromatic nitrogens is 1. The van der Waals surface area contributed by atoms with Crippen molar-refractivity contribution in [3.05, 3.63) is 16.1 Å². The van der Waals surface area contributed by atoms with Crippen LogP contribution in [-0.4, -0.2) is 31.0 Å². The number of ether oxygens (including phenoxy) is 2. The predicted molar refractivity (Wildman–Crippen MR) is 63.8 cm³/mol. The first-order chi connectivity index (χ1) is 9.00. The molecule has 2 heterocycles. The molecule has 0 amide bonds. The molecule has 1 unspecified atom stereocenters. The molecule has 1 atom stereocenters. The zero-order chi connectivity index (χ0) is 13.9. The van der Waals surface area contributed by atoms with Gasteiger partial charge in [-0.15, -0.1) is 11.3 Å². The van der Waals surface area contributed by atoms with Crippen LogP contribution in [0.4, 0.5) is 13.2 Å². The highest BCUT2D eigenvalue weighted by atomic mass is 32.1. The van der Waals surface area contributed by atoms with Crippen LogP contribution >= 0.6 is 11.3 Å². The third-order valence-electron chi connectivity index (χ3n) is 2.74. The van der Waals surface area contributed by atoms with E-state index in [1.54, 1.807) is 0 Å². The van der Waals surface area contributed by atoms with Crippen LogP contribution in [-0.2, 0) is 15.7 Å². The molecule has 1 fully saturated rings. The van der Waals surface area contributed by atoms with Crippen molar-refractivity contribution >= 4 is 11.3 Å². The minimum Gasteiger partial charge on any atom is -0.349 e. The summed E-state index contributed by atoms with van der Waals surface area (Å²) >= 11 is 1.02. The van der Waals surface area contributed by atoms with Gasteiger partial charge in [0.15, 0.2) is 12.0 Å². The number of nitrogens with zero attached hydrogens (tertiary/aromatic N) is 1. The molecule has 19 heavy (non-hydrogen) atoms. The summed E-state index contributed by atoms with van der Waals surface area (Å²) in [4.78, 5) is 3.65.